The van der Waals surface area contributed by atoms with Gasteiger partial charge >= 0.3 is 0 Å². The zero-order valence-corrected chi connectivity index (χ0v) is 14.2. The van der Waals surface area contributed by atoms with E-state index in [1.165, 1.54) is 11.3 Å². The third-order valence-electron chi connectivity index (χ3n) is 4.32. The van der Waals surface area contributed by atoms with Crippen molar-refractivity contribution in [1.82, 2.24) is 9.88 Å². The largest absolute Gasteiger partial charge is 0.366 e. The lowest BCUT2D eigenvalue weighted by atomic mass is 10.0. The Morgan fingerprint density at radius 1 is 1.29 bits per heavy atom. The maximum absolute atomic E-state index is 12.7. The van der Waals surface area contributed by atoms with Crippen LogP contribution in [0, 0.1) is 0 Å². The van der Waals surface area contributed by atoms with E-state index < -0.39 is 5.91 Å². The number of nitrogens with one attached hydrogen (secondary N) is 1. The predicted molar refractivity (Wildman–Crippen MR) is 94.6 cm³/mol. The average Bonchev–Trinajstić information content (AvgIpc) is 3.18. The van der Waals surface area contributed by atoms with E-state index in [4.69, 9.17) is 17.3 Å². The molecule has 2 amide bonds. The molecule has 3 N–H and O–H groups in total. The van der Waals surface area contributed by atoms with Gasteiger partial charge in [-0.05, 0) is 24.3 Å². The number of hydrogen-bond acceptors (Lipinski definition) is 3. The highest BCUT2D eigenvalue weighted by Gasteiger charge is 2.26. The number of aromatic nitrogens is 1. The van der Waals surface area contributed by atoms with Crippen LogP contribution in [-0.2, 0) is 13.0 Å². The Morgan fingerprint density at radius 3 is 2.88 bits per heavy atom. The highest BCUT2D eigenvalue weighted by molar-refractivity contribution is 7.12. The topological polar surface area (TPSA) is 79.2 Å². The second-order valence-corrected chi connectivity index (χ2v) is 7.16. The molecule has 0 unspecified atom stereocenters. The maximum atomic E-state index is 12.7. The van der Waals surface area contributed by atoms with Crippen LogP contribution in [0.25, 0.3) is 10.9 Å². The van der Waals surface area contributed by atoms with Gasteiger partial charge in [-0.25, -0.2) is 0 Å². The number of benzene rings is 1. The third-order valence-corrected chi connectivity index (χ3v) is 5.47. The first-order chi connectivity index (χ1) is 11.5. The first-order valence-corrected chi connectivity index (χ1v) is 8.75. The molecule has 7 heteroatoms. The molecule has 0 saturated carbocycles. The van der Waals surface area contributed by atoms with Gasteiger partial charge in [-0.3, -0.25) is 9.59 Å². The molecule has 3 aromatic rings. The summed E-state index contributed by atoms with van der Waals surface area (Å²) < 4.78 is 0. The van der Waals surface area contributed by atoms with E-state index in [0.29, 0.717) is 28.6 Å². The van der Waals surface area contributed by atoms with E-state index in [1.54, 1.807) is 16.3 Å². The minimum absolute atomic E-state index is 0.0745. The van der Waals surface area contributed by atoms with Gasteiger partial charge in [-0.15, -0.1) is 11.3 Å². The van der Waals surface area contributed by atoms with Gasteiger partial charge in [0.05, 0.1) is 10.4 Å². The Balaban J connectivity index is 1.65. The van der Waals surface area contributed by atoms with Gasteiger partial charge in [-0.1, -0.05) is 11.6 Å². The molecule has 0 fully saturated rings. The zero-order chi connectivity index (χ0) is 16.8. The van der Waals surface area contributed by atoms with Crippen LogP contribution in [0.2, 0.25) is 5.02 Å². The van der Waals surface area contributed by atoms with Crippen molar-refractivity contribution in [2.75, 3.05) is 6.54 Å². The standard InChI is InChI=1S/C17H14ClN3O2S/c18-10-1-2-13-11(6-10)12-7-21(4-3-14(12)20-13)17(23)15-5-9(8-24-15)16(19)22/h1-2,5-6,8,20H,3-4,7H2,(H2,19,22). The van der Waals surface area contributed by atoms with Crippen LogP contribution in [0.5, 0.6) is 0 Å². The number of primary amides is 1. The van der Waals surface area contributed by atoms with Crippen molar-refractivity contribution in [1.29, 1.82) is 0 Å². The summed E-state index contributed by atoms with van der Waals surface area (Å²) in [6, 6.07) is 7.31. The van der Waals surface area contributed by atoms with E-state index in [2.05, 4.69) is 4.98 Å². The lowest BCUT2D eigenvalue weighted by molar-refractivity contribution is 0.0740. The van der Waals surface area contributed by atoms with Gasteiger partial charge in [-0.2, -0.15) is 0 Å². The number of nitrogens with two attached hydrogens (primary N) is 1. The second-order valence-electron chi connectivity index (χ2n) is 5.81. The number of carbonyl (C=O) groups excluding carboxylic acids is 2. The number of H-pyrrole nitrogens is 1. The van der Waals surface area contributed by atoms with Crippen LogP contribution in [0.4, 0.5) is 0 Å². The van der Waals surface area contributed by atoms with E-state index in [-0.39, 0.29) is 5.91 Å². The molecule has 4 rings (SSSR count). The summed E-state index contributed by atoms with van der Waals surface area (Å²) in [4.78, 5) is 29.7. The predicted octanol–water partition coefficient (Wildman–Crippen LogP) is 3.18. The van der Waals surface area contributed by atoms with E-state index in [9.17, 15) is 9.59 Å². The Bertz CT molecular complexity index is 976. The minimum atomic E-state index is -0.516. The van der Waals surface area contributed by atoms with Crippen molar-refractivity contribution in [3.63, 3.8) is 0 Å². The summed E-state index contributed by atoms with van der Waals surface area (Å²) in [5.41, 5.74) is 8.93. The number of carbonyl (C=O) groups is 2. The monoisotopic (exact) mass is 359 g/mol. The molecule has 5 nitrogen and oxygen atoms in total. The molecule has 122 valence electrons. The van der Waals surface area contributed by atoms with Crippen molar-refractivity contribution in [2.45, 2.75) is 13.0 Å². The molecular formula is C17H14ClN3O2S. The van der Waals surface area contributed by atoms with Gasteiger partial charge in [0.25, 0.3) is 5.91 Å². The van der Waals surface area contributed by atoms with Gasteiger partial charge < -0.3 is 15.6 Å². The van der Waals surface area contributed by atoms with Crippen LogP contribution >= 0.6 is 22.9 Å². The Kier molecular flexibility index (Phi) is 3.58. The summed E-state index contributed by atoms with van der Waals surface area (Å²) in [5.74, 6) is -0.591. The number of thiophene rings is 1. The smallest absolute Gasteiger partial charge is 0.264 e. The fourth-order valence-electron chi connectivity index (χ4n) is 3.09. The first-order valence-electron chi connectivity index (χ1n) is 7.49. The van der Waals surface area contributed by atoms with Gasteiger partial charge in [0.1, 0.15) is 0 Å². The summed E-state index contributed by atoms with van der Waals surface area (Å²) in [7, 11) is 0. The number of amides is 2. The number of aromatic amines is 1. The number of hydrogen-bond donors (Lipinski definition) is 2. The number of rotatable bonds is 2. The van der Waals surface area contributed by atoms with Crippen molar-refractivity contribution < 1.29 is 9.59 Å². The van der Waals surface area contributed by atoms with Gasteiger partial charge in [0.15, 0.2) is 0 Å². The number of fused-ring (bicyclic) bond motifs is 3. The lowest BCUT2D eigenvalue weighted by Crippen LogP contribution is -2.35. The molecule has 1 aromatic carbocycles. The molecule has 2 aromatic heterocycles. The second kappa shape index (κ2) is 5.65. The summed E-state index contributed by atoms with van der Waals surface area (Å²) in [6.07, 6.45) is 0.765. The lowest BCUT2D eigenvalue weighted by Gasteiger charge is -2.26. The molecule has 0 bridgehead atoms. The van der Waals surface area contributed by atoms with Crippen LogP contribution in [-0.4, -0.2) is 28.2 Å². The fraction of sp³-hybridized carbons (Fsp3) is 0.176. The van der Waals surface area contributed by atoms with Gasteiger partial charge in [0.2, 0.25) is 5.91 Å². The maximum Gasteiger partial charge on any atom is 0.264 e. The fourth-order valence-corrected chi connectivity index (χ4v) is 4.13. The Hall–Kier alpha value is -2.31. The SMILES string of the molecule is NC(=O)c1csc(C(=O)N2CCc3[nH]c4ccc(Cl)cc4c3C2)c1. The first kappa shape index (κ1) is 15.2. The molecule has 0 atom stereocenters. The molecule has 0 aliphatic carbocycles. The van der Waals surface area contributed by atoms with Crippen LogP contribution in [0.15, 0.2) is 29.6 Å². The molecule has 24 heavy (non-hydrogen) atoms. The number of nitrogens with zero attached hydrogens (tertiary/aromatic N) is 1. The summed E-state index contributed by atoms with van der Waals surface area (Å²) in [5, 5.41) is 3.35. The van der Waals surface area contributed by atoms with E-state index in [0.717, 1.165) is 28.6 Å². The van der Waals surface area contributed by atoms with E-state index >= 15 is 0 Å². The summed E-state index contributed by atoms with van der Waals surface area (Å²) in [6.45, 7) is 1.16. The molecule has 3 heterocycles. The third kappa shape index (κ3) is 2.48. The van der Waals surface area contributed by atoms with Crippen molar-refractivity contribution in [3.8, 4) is 0 Å². The molecule has 0 spiro atoms. The van der Waals surface area contributed by atoms with Crippen LogP contribution < -0.4 is 5.73 Å². The summed E-state index contributed by atoms with van der Waals surface area (Å²) >= 11 is 7.36. The number of halogens is 1. The normalized spacial score (nSPS) is 14.0. The highest BCUT2D eigenvalue weighted by atomic mass is 35.5. The highest BCUT2D eigenvalue weighted by Crippen LogP contribution is 2.30. The zero-order valence-electron chi connectivity index (χ0n) is 12.6. The minimum Gasteiger partial charge on any atom is -0.366 e. The quantitative estimate of drug-likeness (QED) is 0.737. The van der Waals surface area contributed by atoms with Crippen LogP contribution in [0.3, 0.4) is 0 Å². The van der Waals surface area contributed by atoms with Gasteiger partial charge in [0, 0.05) is 52.1 Å². The Labute approximate surface area is 147 Å². The molecule has 1 aliphatic rings. The molecule has 1 aliphatic heterocycles. The average molecular weight is 360 g/mol. The van der Waals surface area contributed by atoms with Crippen molar-refractivity contribution >= 4 is 45.7 Å². The molecule has 0 radical (unpaired) electrons. The Morgan fingerprint density at radius 2 is 2.12 bits per heavy atom. The van der Waals surface area contributed by atoms with Crippen molar-refractivity contribution in [2.24, 2.45) is 5.73 Å². The van der Waals surface area contributed by atoms with Crippen molar-refractivity contribution in [3.05, 3.63) is 56.4 Å². The molecule has 0 saturated heterocycles. The van der Waals surface area contributed by atoms with Crippen LogP contribution in [0.1, 0.15) is 31.3 Å². The molecular weight excluding hydrogens is 346 g/mol. The van der Waals surface area contributed by atoms with E-state index in [1.807, 2.05) is 18.2 Å².